The van der Waals surface area contributed by atoms with E-state index in [1.807, 2.05) is 18.2 Å². The Morgan fingerprint density at radius 2 is 2.00 bits per heavy atom. The lowest BCUT2D eigenvalue weighted by molar-refractivity contribution is -0.122. The fourth-order valence-corrected chi connectivity index (χ4v) is 3.48. The molecule has 1 saturated heterocycles. The Kier molecular flexibility index (Phi) is 5.83. The first-order valence-corrected chi connectivity index (χ1v) is 8.93. The first kappa shape index (κ1) is 17.6. The number of benzene rings is 1. The molecular weight excluding hydrogens is 342 g/mol. The second kappa shape index (κ2) is 8.26. The van der Waals surface area contributed by atoms with Crippen molar-refractivity contribution in [1.29, 1.82) is 0 Å². The van der Waals surface area contributed by atoms with E-state index in [9.17, 15) is 4.79 Å². The Morgan fingerprint density at radius 1 is 1.24 bits per heavy atom. The smallest absolute Gasteiger partial charge is 0.229 e. The maximum Gasteiger partial charge on any atom is 0.229 e. The molecular formula is C17H21N3O4S. The summed E-state index contributed by atoms with van der Waals surface area (Å²) in [5.74, 6) is 1.36. The second-order valence-electron chi connectivity index (χ2n) is 5.74. The van der Waals surface area contributed by atoms with Gasteiger partial charge in [0.15, 0.2) is 11.5 Å². The van der Waals surface area contributed by atoms with Crippen molar-refractivity contribution in [2.24, 2.45) is 5.92 Å². The topological polar surface area (TPSA) is 82.6 Å². The summed E-state index contributed by atoms with van der Waals surface area (Å²) in [5.41, 5.74) is 1.04. The van der Waals surface area contributed by atoms with Crippen molar-refractivity contribution < 1.29 is 19.0 Å². The molecule has 2 heterocycles. The molecule has 7 nitrogen and oxygen atoms in total. The molecule has 1 aliphatic rings. The number of methoxy groups -OCH3 is 2. The molecule has 3 rings (SSSR count). The third-order valence-electron chi connectivity index (χ3n) is 4.09. The van der Waals surface area contributed by atoms with Crippen LogP contribution in [0, 0.1) is 5.92 Å². The summed E-state index contributed by atoms with van der Waals surface area (Å²) in [6.45, 7) is 1.28. The molecule has 1 aliphatic heterocycles. The van der Waals surface area contributed by atoms with E-state index >= 15 is 0 Å². The zero-order chi connectivity index (χ0) is 17.6. The molecule has 1 amide bonds. The number of aromatic nitrogens is 2. The van der Waals surface area contributed by atoms with Crippen molar-refractivity contribution in [3.63, 3.8) is 0 Å². The molecule has 1 fully saturated rings. The number of hydrogen-bond acceptors (Lipinski definition) is 7. The maximum absolute atomic E-state index is 12.2. The van der Waals surface area contributed by atoms with Crippen LogP contribution in [-0.4, -0.2) is 43.5 Å². The molecule has 0 aliphatic carbocycles. The van der Waals surface area contributed by atoms with Crippen LogP contribution in [-0.2, 0) is 16.0 Å². The molecule has 8 heteroatoms. The van der Waals surface area contributed by atoms with Gasteiger partial charge in [-0.2, -0.15) is 0 Å². The van der Waals surface area contributed by atoms with Gasteiger partial charge in [-0.1, -0.05) is 17.4 Å². The standard InChI is InChI=1S/C17H21N3O4S/c1-22-13-4-3-11(9-14(13)23-2)10-15-19-20-17(25-15)18-16(21)12-5-7-24-8-6-12/h3-4,9,12H,5-8,10H2,1-2H3,(H,18,20,21). The van der Waals surface area contributed by atoms with Crippen molar-refractivity contribution >= 4 is 22.4 Å². The molecule has 2 aromatic rings. The van der Waals surface area contributed by atoms with Crippen molar-refractivity contribution in [3.05, 3.63) is 28.8 Å². The lowest BCUT2D eigenvalue weighted by Crippen LogP contribution is -2.28. The summed E-state index contributed by atoms with van der Waals surface area (Å²) in [6.07, 6.45) is 2.12. The van der Waals surface area contributed by atoms with Gasteiger partial charge < -0.3 is 19.5 Å². The first-order valence-electron chi connectivity index (χ1n) is 8.11. The number of ether oxygens (including phenoxy) is 3. The number of amides is 1. The largest absolute Gasteiger partial charge is 0.493 e. The fourth-order valence-electron chi connectivity index (χ4n) is 2.71. The summed E-state index contributed by atoms with van der Waals surface area (Å²) in [5, 5.41) is 12.5. The van der Waals surface area contributed by atoms with Gasteiger partial charge in [-0.05, 0) is 30.5 Å². The number of carbonyl (C=O) groups excluding carboxylic acids is 1. The van der Waals surface area contributed by atoms with E-state index in [-0.39, 0.29) is 11.8 Å². The Morgan fingerprint density at radius 3 is 2.72 bits per heavy atom. The zero-order valence-corrected chi connectivity index (χ0v) is 15.1. The highest BCUT2D eigenvalue weighted by Gasteiger charge is 2.22. The van der Waals surface area contributed by atoms with Crippen molar-refractivity contribution in [2.75, 3.05) is 32.8 Å². The summed E-state index contributed by atoms with van der Waals surface area (Å²) in [6, 6.07) is 5.74. The van der Waals surface area contributed by atoms with E-state index in [2.05, 4.69) is 15.5 Å². The molecule has 1 aromatic heterocycles. The minimum Gasteiger partial charge on any atom is -0.493 e. The van der Waals surface area contributed by atoms with Gasteiger partial charge in [-0.15, -0.1) is 10.2 Å². The minimum absolute atomic E-state index is 0.00267. The molecule has 25 heavy (non-hydrogen) atoms. The molecule has 1 N–H and O–H groups in total. The monoisotopic (exact) mass is 363 g/mol. The van der Waals surface area contributed by atoms with Gasteiger partial charge in [0.25, 0.3) is 0 Å². The van der Waals surface area contributed by atoms with Crippen LogP contribution in [0.4, 0.5) is 5.13 Å². The number of hydrogen-bond donors (Lipinski definition) is 1. The average molecular weight is 363 g/mol. The average Bonchev–Trinajstić information content (AvgIpc) is 3.09. The lowest BCUT2D eigenvalue weighted by atomic mass is 10.00. The summed E-state index contributed by atoms with van der Waals surface area (Å²) < 4.78 is 15.8. The van der Waals surface area contributed by atoms with E-state index in [0.29, 0.717) is 36.3 Å². The number of carbonyl (C=O) groups is 1. The van der Waals surface area contributed by atoms with Crippen LogP contribution in [0.2, 0.25) is 0 Å². The Bertz CT molecular complexity index is 728. The van der Waals surface area contributed by atoms with Gasteiger partial charge >= 0.3 is 0 Å². The van der Waals surface area contributed by atoms with Crippen molar-refractivity contribution in [2.45, 2.75) is 19.3 Å². The van der Waals surface area contributed by atoms with Crippen LogP contribution in [0.25, 0.3) is 0 Å². The Hall–Kier alpha value is -2.19. The van der Waals surface area contributed by atoms with Crippen LogP contribution < -0.4 is 14.8 Å². The number of rotatable bonds is 6. The fraction of sp³-hybridized carbons (Fsp3) is 0.471. The highest BCUT2D eigenvalue weighted by molar-refractivity contribution is 7.15. The van der Waals surface area contributed by atoms with Crippen molar-refractivity contribution in [3.8, 4) is 11.5 Å². The van der Waals surface area contributed by atoms with Crippen LogP contribution in [0.15, 0.2) is 18.2 Å². The zero-order valence-electron chi connectivity index (χ0n) is 14.3. The van der Waals surface area contributed by atoms with Gasteiger partial charge in [-0.25, -0.2) is 0 Å². The molecule has 0 unspecified atom stereocenters. The van der Waals surface area contributed by atoms with Gasteiger partial charge in [0.1, 0.15) is 5.01 Å². The molecule has 0 spiro atoms. The van der Waals surface area contributed by atoms with Gasteiger partial charge in [-0.3, -0.25) is 4.79 Å². The van der Waals surface area contributed by atoms with Crippen LogP contribution in [0.5, 0.6) is 11.5 Å². The molecule has 134 valence electrons. The predicted octanol–water partition coefficient (Wildman–Crippen LogP) is 2.51. The van der Waals surface area contributed by atoms with Gasteiger partial charge in [0.2, 0.25) is 11.0 Å². The first-order chi connectivity index (χ1) is 12.2. The third kappa shape index (κ3) is 4.46. The van der Waals surface area contributed by atoms with E-state index in [1.165, 1.54) is 11.3 Å². The van der Waals surface area contributed by atoms with Crippen LogP contribution in [0.3, 0.4) is 0 Å². The van der Waals surface area contributed by atoms with Crippen LogP contribution in [0.1, 0.15) is 23.4 Å². The molecule has 0 atom stereocenters. The van der Waals surface area contributed by atoms with Gasteiger partial charge in [0.05, 0.1) is 14.2 Å². The van der Waals surface area contributed by atoms with E-state index in [1.54, 1.807) is 14.2 Å². The van der Waals surface area contributed by atoms with E-state index in [0.717, 1.165) is 23.4 Å². The maximum atomic E-state index is 12.2. The second-order valence-corrected chi connectivity index (χ2v) is 6.81. The molecule has 0 saturated carbocycles. The summed E-state index contributed by atoms with van der Waals surface area (Å²) >= 11 is 1.39. The summed E-state index contributed by atoms with van der Waals surface area (Å²) in [7, 11) is 3.21. The Labute approximate surface area is 150 Å². The normalized spacial score (nSPS) is 15.0. The number of anilines is 1. The third-order valence-corrected chi connectivity index (χ3v) is 4.93. The van der Waals surface area contributed by atoms with Crippen molar-refractivity contribution in [1.82, 2.24) is 10.2 Å². The quantitative estimate of drug-likeness (QED) is 0.849. The van der Waals surface area contributed by atoms with E-state index in [4.69, 9.17) is 14.2 Å². The molecule has 0 bridgehead atoms. The molecule has 0 radical (unpaired) electrons. The van der Waals surface area contributed by atoms with E-state index < -0.39 is 0 Å². The summed E-state index contributed by atoms with van der Waals surface area (Å²) in [4.78, 5) is 12.2. The highest BCUT2D eigenvalue weighted by atomic mass is 32.1. The SMILES string of the molecule is COc1ccc(Cc2nnc(NC(=O)C3CCOCC3)s2)cc1OC. The lowest BCUT2D eigenvalue weighted by Gasteiger charge is -2.20. The van der Waals surface area contributed by atoms with Gasteiger partial charge in [0, 0.05) is 25.6 Å². The number of nitrogens with one attached hydrogen (secondary N) is 1. The number of nitrogens with zero attached hydrogens (tertiary/aromatic N) is 2. The molecule has 1 aromatic carbocycles. The minimum atomic E-state index is -0.00745. The predicted molar refractivity (Wildman–Crippen MR) is 94.4 cm³/mol. The Balaban J connectivity index is 1.62. The highest BCUT2D eigenvalue weighted by Crippen LogP contribution is 2.29. The van der Waals surface area contributed by atoms with Crippen LogP contribution >= 0.6 is 11.3 Å².